The number of nitrogens with zero attached hydrogens (tertiary/aromatic N) is 1. The van der Waals surface area contributed by atoms with Crippen molar-refractivity contribution in [1.29, 1.82) is 0 Å². The molecule has 0 radical (unpaired) electrons. The monoisotopic (exact) mass is 303 g/mol. The van der Waals surface area contributed by atoms with E-state index in [9.17, 15) is 14.4 Å². The predicted octanol–water partition coefficient (Wildman–Crippen LogP) is 2.06. The van der Waals surface area contributed by atoms with E-state index in [1.807, 2.05) is 19.9 Å². The molecule has 1 heterocycles. The highest BCUT2D eigenvalue weighted by Crippen LogP contribution is 2.22. The number of amides is 1. The van der Waals surface area contributed by atoms with Crippen molar-refractivity contribution in [1.82, 2.24) is 4.90 Å². The molecule has 2 atom stereocenters. The molecule has 2 unspecified atom stereocenters. The fourth-order valence-corrected chi connectivity index (χ4v) is 2.55. The highest BCUT2D eigenvalue weighted by atomic mass is 16.5. The Kier molecular flexibility index (Phi) is 4.96. The van der Waals surface area contributed by atoms with Gasteiger partial charge < -0.3 is 9.64 Å². The minimum atomic E-state index is -0.849. The number of esters is 1. The third-order valence-electron chi connectivity index (χ3n) is 3.84. The number of hydrogen-bond acceptors (Lipinski definition) is 4. The van der Waals surface area contributed by atoms with Gasteiger partial charge in [-0.3, -0.25) is 14.4 Å². The molecular formula is C17H21NO4. The number of carbonyl (C=O) groups excluding carboxylic acids is 3. The number of benzene rings is 1. The van der Waals surface area contributed by atoms with Crippen molar-refractivity contribution in [2.45, 2.75) is 39.3 Å². The SMILES string of the molecule is CC(OC(=O)C1CC(=O)N(C(C)C)C1)C(=O)c1ccccc1. The van der Waals surface area contributed by atoms with Crippen LogP contribution in [-0.4, -0.2) is 41.3 Å². The Bertz CT molecular complexity index is 567. The molecule has 1 aromatic carbocycles. The Balaban J connectivity index is 1.95. The first-order valence-electron chi connectivity index (χ1n) is 7.49. The topological polar surface area (TPSA) is 63.7 Å². The molecule has 5 nitrogen and oxygen atoms in total. The lowest BCUT2D eigenvalue weighted by atomic mass is 10.1. The van der Waals surface area contributed by atoms with Crippen molar-refractivity contribution >= 4 is 17.7 Å². The highest BCUT2D eigenvalue weighted by molar-refractivity contribution is 6.00. The first-order chi connectivity index (χ1) is 10.4. The summed E-state index contributed by atoms with van der Waals surface area (Å²) in [6.07, 6.45) is -0.693. The van der Waals surface area contributed by atoms with Gasteiger partial charge in [0.2, 0.25) is 11.7 Å². The molecule has 0 saturated carbocycles. The molecule has 118 valence electrons. The predicted molar refractivity (Wildman–Crippen MR) is 81.3 cm³/mol. The van der Waals surface area contributed by atoms with E-state index < -0.39 is 18.0 Å². The van der Waals surface area contributed by atoms with Crippen LogP contribution in [0.4, 0.5) is 0 Å². The lowest BCUT2D eigenvalue weighted by molar-refractivity contribution is -0.151. The maximum atomic E-state index is 12.2. The maximum Gasteiger partial charge on any atom is 0.311 e. The largest absolute Gasteiger partial charge is 0.454 e. The van der Waals surface area contributed by atoms with E-state index in [1.165, 1.54) is 0 Å². The molecule has 1 amide bonds. The number of Topliss-reactive ketones (excluding diaryl/α,β-unsaturated/α-hetero) is 1. The van der Waals surface area contributed by atoms with Crippen molar-refractivity contribution in [2.24, 2.45) is 5.92 Å². The standard InChI is InChI=1S/C17H21NO4/c1-11(2)18-10-14(9-15(18)19)17(21)22-12(3)16(20)13-7-5-4-6-8-13/h4-8,11-12,14H,9-10H2,1-3H3. The molecule has 0 spiro atoms. The van der Waals surface area contributed by atoms with Crippen molar-refractivity contribution in [3.05, 3.63) is 35.9 Å². The second kappa shape index (κ2) is 6.73. The van der Waals surface area contributed by atoms with Gasteiger partial charge in [0.1, 0.15) is 0 Å². The molecule has 5 heteroatoms. The number of ketones is 1. The highest BCUT2D eigenvalue weighted by Gasteiger charge is 2.37. The van der Waals surface area contributed by atoms with Crippen LogP contribution in [0, 0.1) is 5.92 Å². The number of carbonyl (C=O) groups is 3. The van der Waals surface area contributed by atoms with Crippen LogP contribution in [0.5, 0.6) is 0 Å². The van der Waals surface area contributed by atoms with Gasteiger partial charge in [-0.1, -0.05) is 30.3 Å². The number of hydrogen-bond donors (Lipinski definition) is 0. The quantitative estimate of drug-likeness (QED) is 0.617. The summed E-state index contributed by atoms with van der Waals surface area (Å²) in [4.78, 5) is 37.8. The molecule has 1 aliphatic heterocycles. The zero-order valence-electron chi connectivity index (χ0n) is 13.1. The molecule has 0 N–H and O–H groups in total. The third-order valence-corrected chi connectivity index (χ3v) is 3.84. The Labute approximate surface area is 130 Å². The Morgan fingerprint density at radius 2 is 1.82 bits per heavy atom. The summed E-state index contributed by atoms with van der Waals surface area (Å²) in [5, 5.41) is 0. The summed E-state index contributed by atoms with van der Waals surface area (Å²) < 4.78 is 5.26. The molecule has 1 aliphatic rings. The summed E-state index contributed by atoms with van der Waals surface area (Å²) in [5.74, 6) is -1.24. The van der Waals surface area contributed by atoms with Crippen LogP contribution < -0.4 is 0 Å². The van der Waals surface area contributed by atoms with Gasteiger partial charge in [0.25, 0.3) is 0 Å². The van der Waals surface area contributed by atoms with E-state index >= 15 is 0 Å². The summed E-state index contributed by atoms with van der Waals surface area (Å²) in [7, 11) is 0. The first kappa shape index (κ1) is 16.2. The fraction of sp³-hybridized carbons (Fsp3) is 0.471. The van der Waals surface area contributed by atoms with Gasteiger partial charge in [-0.25, -0.2) is 0 Å². The van der Waals surface area contributed by atoms with Gasteiger partial charge >= 0.3 is 5.97 Å². The van der Waals surface area contributed by atoms with Crippen LogP contribution in [0.25, 0.3) is 0 Å². The van der Waals surface area contributed by atoms with E-state index in [2.05, 4.69) is 0 Å². The molecule has 22 heavy (non-hydrogen) atoms. The van der Waals surface area contributed by atoms with Crippen LogP contribution in [0.2, 0.25) is 0 Å². The number of rotatable bonds is 5. The van der Waals surface area contributed by atoms with Crippen molar-refractivity contribution in [3.63, 3.8) is 0 Å². The minimum Gasteiger partial charge on any atom is -0.454 e. The average molecular weight is 303 g/mol. The maximum absolute atomic E-state index is 12.2. The molecule has 0 aromatic heterocycles. The Hall–Kier alpha value is -2.17. The zero-order valence-corrected chi connectivity index (χ0v) is 13.1. The summed E-state index contributed by atoms with van der Waals surface area (Å²) in [6.45, 7) is 5.74. The second-order valence-corrected chi connectivity index (χ2v) is 5.85. The second-order valence-electron chi connectivity index (χ2n) is 5.85. The normalized spacial score (nSPS) is 19.4. The van der Waals surface area contributed by atoms with E-state index in [-0.39, 0.29) is 24.2 Å². The van der Waals surface area contributed by atoms with Crippen molar-refractivity contribution < 1.29 is 19.1 Å². The molecule has 0 bridgehead atoms. The minimum absolute atomic E-state index is 0.0426. The van der Waals surface area contributed by atoms with Crippen LogP contribution in [0.15, 0.2) is 30.3 Å². The van der Waals surface area contributed by atoms with Crippen LogP contribution in [0.1, 0.15) is 37.6 Å². The fourth-order valence-electron chi connectivity index (χ4n) is 2.55. The molecular weight excluding hydrogens is 282 g/mol. The van der Waals surface area contributed by atoms with Gasteiger partial charge in [0.05, 0.1) is 5.92 Å². The summed E-state index contributed by atoms with van der Waals surface area (Å²) >= 11 is 0. The van der Waals surface area contributed by atoms with Gasteiger partial charge in [-0.05, 0) is 20.8 Å². The molecule has 1 aromatic rings. The van der Waals surface area contributed by atoms with E-state index in [0.717, 1.165) is 0 Å². The van der Waals surface area contributed by atoms with Gasteiger partial charge in [0.15, 0.2) is 6.10 Å². The average Bonchev–Trinajstić information content (AvgIpc) is 2.89. The zero-order chi connectivity index (χ0) is 16.3. The van der Waals surface area contributed by atoms with E-state index in [4.69, 9.17) is 4.74 Å². The van der Waals surface area contributed by atoms with Gasteiger partial charge in [0, 0.05) is 24.6 Å². The molecule has 1 saturated heterocycles. The van der Waals surface area contributed by atoms with E-state index in [0.29, 0.717) is 12.1 Å². The molecule has 2 rings (SSSR count). The van der Waals surface area contributed by atoms with Crippen molar-refractivity contribution in [2.75, 3.05) is 6.54 Å². The van der Waals surface area contributed by atoms with Crippen molar-refractivity contribution in [3.8, 4) is 0 Å². The first-order valence-corrected chi connectivity index (χ1v) is 7.49. The van der Waals surface area contributed by atoms with Gasteiger partial charge in [-0.2, -0.15) is 0 Å². The molecule has 0 aliphatic carbocycles. The lowest BCUT2D eigenvalue weighted by Crippen LogP contribution is -2.34. The number of likely N-dealkylation sites (tertiary alicyclic amines) is 1. The molecule has 1 fully saturated rings. The Morgan fingerprint density at radius 3 is 2.36 bits per heavy atom. The lowest BCUT2D eigenvalue weighted by Gasteiger charge is -2.21. The Morgan fingerprint density at radius 1 is 1.18 bits per heavy atom. The van der Waals surface area contributed by atoms with E-state index in [1.54, 1.807) is 36.1 Å². The number of ether oxygens (including phenoxy) is 1. The summed E-state index contributed by atoms with van der Waals surface area (Å²) in [6, 6.07) is 8.78. The van der Waals surface area contributed by atoms with Gasteiger partial charge in [-0.15, -0.1) is 0 Å². The third kappa shape index (κ3) is 3.53. The van der Waals surface area contributed by atoms with Crippen LogP contribution in [-0.2, 0) is 14.3 Å². The van der Waals surface area contributed by atoms with Crippen LogP contribution >= 0.6 is 0 Å². The smallest absolute Gasteiger partial charge is 0.311 e. The van der Waals surface area contributed by atoms with Crippen LogP contribution in [0.3, 0.4) is 0 Å². The summed E-state index contributed by atoms with van der Waals surface area (Å²) in [5.41, 5.74) is 0.508.